The summed E-state index contributed by atoms with van der Waals surface area (Å²) in [6.45, 7) is 2.91. The summed E-state index contributed by atoms with van der Waals surface area (Å²) in [5, 5.41) is 3.31. The van der Waals surface area contributed by atoms with Crippen molar-refractivity contribution in [1.29, 1.82) is 0 Å². The maximum atomic E-state index is 11.8. The summed E-state index contributed by atoms with van der Waals surface area (Å²) in [5.41, 5.74) is 1.17. The van der Waals surface area contributed by atoms with Crippen LogP contribution in [0.25, 0.3) is 0 Å². The van der Waals surface area contributed by atoms with Crippen LogP contribution in [0.2, 0.25) is 0 Å². The first-order chi connectivity index (χ1) is 11.2. The molecule has 0 saturated carbocycles. The maximum absolute atomic E-state index is 11.8. The topological polar surface area (TPSA) is 47.6 Å². The smallest absolute Gasteiger partial charge is 0.337 e. The molecular formula is C18H21NO3S. The SMILES string of the molecule is CCCCNc1cc(C(=O)OC)cc(S)c1Oc1ccccc1. The number of carbonyl (C=O) groups excluding carboxylic acids is 1. The van der Waals surface area contributed by atoms with Crippen LogP contribution < -0.4 is 10.1 Å². The Labute approximate surface area is 142 Å². The molecule has 0 aliphatic carbocycles. The number of methoxy groups -OCH3 is 1. The van der Waals surface area contributed by atoms with Crippen molar-refractivity contribution >= 4 is 24.3 Å². The third-order valence-corrected chi connectivity index (χ3v) is 3.63. The van der Waals surface area contributed by atoms with E-state index < -0.39 is 5.97 Å². The fourth-order valence-electron chi connectivity index (χ4n) is 2.09. The van der Waals surface area contributed by atoms with E-state index in [1.54, 1.807) is 12.1 Å². The number of para-hydroxylation sites is 1. The van der Waals surface area contributed by atoms with Crippen molar-refractivity contribution < 1.29 is 14.3 Å². The molecule has 0 spiro atoms. The Morgan fingerprint density at radius 2 is 1.96 bits per heavy atom. The molecule has 2 aromatic rings. The molecule has 0 heterocycles. The van der Waals surface area contributed by atoms with Gasteiger partial charge in [0.1, 0.15) is 5.75 Å². The van der Waals surface area contributed by atoms with Gasteiger partial charge in [0.2, 0.25) is 0 Å². The summed E-state index contributed by atoms with van der Waals surface area (Å²) >= 11 is 4.47. The number of unbranched alkanes of at least 4 members (excludes halogenated alkanes) is 1. The van der Waals surface area contributed by atoms with Crippen LogP contribution in [-0.2, 0) is 4.74 Å². The second-order valence-electron chi connectivity index (χ2n) is 5.06. The van der Waals surface area contributed by atoms with Crippen LogP contribution in [0.3, 0.4) is 0 Å². The Morgan fingerprint density at radius 1 is 1.22 bits per heavy atom. The molecule has 2 aromatic carbocycles. The van der Waals surface area contributed by atoms with Gasteiger partial charge in [0, 0.05) is 11.4 Å². The highest BCUT2D eigenvalue weighted by atomic mass is 32.1. The van der Waals surface area contributed by atoms with E-state index in [-0.39, 0.29) is 0 Å². The first kappa shape index (κ1) is 17.2. The van der Waals surface area contributed by atoms with Gasteiger partial charge in [-0.1, -0.05) is 31.5 Å². The number of thiol groups is 1. The number of hydrogen-bond donors (Lipinski definition) is 2. The highest BCUT2D eigenvalue weighted by Crippen LogP contribution is 2.37. The summed E-state index contributed by atoms with van der Waals surface area (Å²) in [5.74, 6) is 0.917. The van der Waals surface area contributed by atoms with E-state index in [4.69, 9.17) is 9.47 Å². The van der Waals surface area contributed by atoms with Crippen molar-refractivity contribution in [1.82, 2.24) is 0 Å². The molecule has 0 fully saturated rings. The second-order valence-corrected chi connectivity index (χ2v) is 5.54. The largest absolute Gasteiger partial charge is 0.465 e. The molecule has 5 heteroatoms. The fourth-order valence-corrected chi connectivity index (χ4v) is 2.40. The summed E-state index contributed by atoms with van der Waals surface area (Å²) < 4.78 is 10.7. The lowest BCUT2D eigenvalue weighted by atomic mass is 10.1. The molecule has 0 atom stereocenters. The zero-order valence-corrected chi connectivity index (χ0v) is 14.2. The number of hydrogen-bond acceptors (Lipinski definition) is 5. The minimum absolute atomic E-state index is 0.398. The number of nitrogens with one attached hydrogen (secondary N) is 1. The van der Waals surface area contributed by atoms with Crippen LogP contribution in [0.5, 0.6) is 11.5 Å². The average Bonchev–Trinajstić information content (AvgIpc) is 2.57. The molecule has 2 rings (SSSR count). The van der Waals surface area contributed by atoms with E-state index >= 15 is 0 Å². The van der Waals surface area contributed by atoms with Crippen molar-refractivity contribution in [2.75, 3.05) is 19.0 Å². The van der Waals surface area contributed by atoms with E-state index in [1.807, 2.05) is 30.3 Å². The normalized spacial score (nSPS) is 10.2. The summed E-state index contributed by atoms with van der Waals surface area (Å²) in [6.07, 6.45) is 2.10. The predicted octanol–water partition coefficient (Wildman–Crippen LogP) is 4.77. The molecule has 122 valence electrons. The van der Waals surface area contributed by atoms with Crippen LogP contribution in [0.1, 0.15) is 30.1 Å². The third kappa shape index (κ3) is 4.66. The summed E-state index contributed by atoms with van der Waals surface area (Å²) in [6, 6.07) is 12.9. The first-order valence-corrected chi connectivity index (χ1v) is 8.02. The highest BCUT2D eigenvalue weighted by molar-refractivity contribution is 7.80. The van der Waals surface area contributed by atoms with Gasteiger partial charge in [-0.15, -0.1) is 12.6 Å². The molecule has 1 N–H and O–H groups in total. The van der Waals surface area contributed by atoms with Gasteiger partial charge >= 0.3 is 5.97 Å². The van der Waals surface area contributed by atoms with E-state index in [2.05, 4.69) is 24.9 Å². The van der Waals surface area contributed by atoms with E-state index in [9.17, 15) is 4.79 Å². The van der Waals surface area contributed by atoms with Crippen molar-refractivity contribution in [2.24, 2.45) is 0 Å². The minimum Gasteiger partial charge on any atom is -0.465 e. The van der Waals surface area contributed by atoms with Gasteiger partial charge in [-0.3, -0.25) is 0 Å². The number of rotatable bonds is 7. The van der Waals surface area contributed by atoms with Crippen LogP contribution in [0.15, 0.2) is 47.4 Å². The quantitative estimate of drug-likeness (QED) is 0.436. The Morgan fingerprint density at radius 3 is 2.61 bits per heavy atom. The zero-order chi connectivity index (χ0) is 16.7. The molecule has 0 amide bonds. The van der Waals surface area contributed by atoms with Gasteiger partial charge in [0.15, 0.2) is 5.75 Å². The number of esters is 1. The Balaban J connectivity index is 2.35. The molecular weight excluding hydrogens is 310 g/mol. The maximum Gasteiger partial charge on any atom is 0.337 e. The minimum atomic E-state index is -0.398. The second kappa shape index (κ2) is 8.48. The molecule has 4 nitrogen and oxygen atoms in total. The number of anilines is 1. The Kier molecular flexibility index (Phi) is 6.35. The number of benzene rings is 2. The van der Waals surface area contributed by atoms with Crippen molar-refractivity contribution in [3.05, 3.63) is 48.0 Å². The lowest BCUT2D eigenvalue weighted by Crippen LogP contribution is -2.07. The van der Waals surface area contributed by atoms with Crippen molar-refractivity contribution in [3.63, 3.8) is 0 Å². The monoisotopic (exact) mass is 331 g/mol. The van der Waals surface area contributed by atoms with E-state index in [1.165, 1.54) is 7.11 Å². The van der Waals surface area contributed by atoms with Gasteiger partial charge < -0.3 is 14.8 Å². The van der Waals surface area contributed by atoms with E-state index in [0.717, 1.165) is 25.1 Å². The van der Waals surface area contributed by atoms with Gasteiger partial charge in [-0.25, -0.2) is 4.79 Å². The van der Waals surface area contributed by atoms with Gasteiger partial charge in [-0.2, -0.15) is 0 Å². The van der Waals surface area contributed by atoms with Gasteiger partial charge in [-0.05, 0) is 30.7 Å². The first-order valence-electron chi connectivity index (χ1n) is 7.57. The molecule has 0 aliphatic rings. The summed E-state index contributed by atoms with van der Waals surface area (Å²) in [4.78, 5) is 12.4. The number of ether oxygens (including phenoxy) is 2. The molecule has 0 saturated heterocycles. The van der Waals surface area contributed by atoms with E-state index in [0.29, 0.717) is 22.0 Å². The Hall–Kier alpha value is -2.14. The highest BCUT2D eigenvalue weighted by Gasteiger charge is 2.15. The van der Waals surface area contributed by atoms with Crippen LogP contribution in [-0.4, -0.2) is 19.6 Å². The molecule has 0 bridgehead atoms. The summed E-state index contributed by atoms with van der Waals surface area (Å²) in [7, 11) is 1.36. The fraction of sp³-hybridized carbons (Fsp3) is 0.278. The van der Waals surface area contributed by atoms with Gasteiger partial charge in [0.25, 0.3) is 0 Å². The van der Waals surface area contributed by atoms with Crippen LogP contribution in [0, 0.1) is 0 Å². The average molecular weight is 331 g/mol. The lowest BCUT2D eigenvalue weighted by molar-refractivity contribution is 0.0600. The van der Waals surface area contributed by atoms with Crippen LogP contribution >= 0.6 is 12.6 Å². The molecule has 0 aromatic heterocycles. The molecule has 0 radical (unpaired) electrons. The standard InChI is InChI=1S/C18H21NO3S/c1-3-4-10-19-15-11-13(18(20)21-2)12-16(23)17(15)22-14-8-6-5-7-9-14/h5-9,11-12,19,23H,3-4,10H2,1-2H3. The zero-order valence-electron chi connectivity index (χ0n) is 13.3. The Bertz CT molecular complexity index is 659. The predicted molar refractivity (Wildman–Crippen MR) is 94.9 cm³/mol. The molecule has 0 unspecified atom stereocenters. The van der Waals surface area contributed by atoms with Crippen molar-refractivity contribution in [2.45, 2.75) is 24.7 Å². The van der Waals surface area contributed by atoms with Gasteiger partial charge in [0.05, 0.1) is 18.4 Å². The lowest BCUT2D eigenvalue weighted by Gasteiger charge is -2.16. The molecule has 0 aliphatic heterocycles. The third-order valence-electron chi connectivity index (χ3n) is 3.30. The molecule has 23 heavy (non-hydrogen) atoms. The van der Waals surface area contributed by atoms with Crippen LogP contribution in [0.4, 0.5) is 5.69 Å². The number of carbonyl (C=O) groups is 1. The van der Waals surface area contributed by atoms with Crippen molar-refractivity contribution in [3.8, 4) is 11.5 Å².